The van der Waals surface area contributed by atoms with Crippen molar-refractivity contribution in [3.05, 3.63) is 48.6 Å². The maximum absolute atomic E-state index is 12.6. The molecule has 0 aliphatic carbocycles. The van der Waals surface area contributed by atoms with E-state index >= 15 is 0 Å². The second-order valence-corrected chi connectivity index (χ2v) is 13.5. The largest absolute Gasteiger partial charge is 0.477 e. The normalized spacial score (nSPS) is 13.6. The van der Waals surface area contributed by atoms with Crippen molar-refractivity contribution in [2.75, 3.05) is 41.0 Å². The van der Waals surface area contributed by atoms with Crippen molar-refractivity contribution in [2.24, 2.45) is 0 Å². The van der Waals surface area contributed by atoms with E-state index in [9.17, 15) is 19.5 Å². The maximum atomic E-state index is 12.6. The first-order valence-corrected chi connectivity index (χ1v) is 18.7. The van der Waals surface area contributed by atoms with Gasteiger partial charge < -0.3 is 23.8 Å². The zero-order chi connectivity index (χ0) is 35.7. The summed E-state index contributed by atoms with van der Waals surface area (Å²) in [5.41, 5.74) is 0. The Labute approximate surface area is 293 Å². The summed E-state index contributed by atoms with van der Waals surface area (Å²) >= 11 is 0. The molecule has 0 aromatic heterocycles. The molecule has 0 saturated heterocycles. The van der Waals surface area contributed by atoms with Crippen LogP contribution in [0.25, 0.3) is 0 Å². The van der Waals surface area contributed by atoms with Crippen LogP contribution in [-0.4, -0.2) is 80.6 Å². The zero-order valence-electron chi connectivity index (χ0n) is 31.2. The van der Waals surface area contributed by atoms with Gasteiger partial charge in [-0.25, -0.2) is 4.79 Å². The van der Waals surface area contributed by atoms with Crippen molar-refractivity contribution in [2.45, 2.75) is 148 Å². The fraction of sp³-hybridized carbons (Fsp3) is 0.725. The number of esters is 2. The van der Waals surface area contributed by atoms with Crippen molar-refractivity contribution in [3.8, 4) is 0 Å². The number of carboxylic acid groups (broad SMARTS) is 1. The molecule has 0 saturated carbocycles. The Morgan fingerprint density at radius 3 is 1.88 bits per heavy atom. The number of carbonyl (C=O) groups is 3. The topological polar surface area (TPSA) is 99.1 Å². The third-order valence-corrected chi connectivity index (χ3v) is 7.99. The molecule has 0 aromatic rings. The highest BCUT2D eigenvalue weighted by molar-refractivity contribution is 5.72. The van der Waals surface area contributed by atoms with E-state index in [0.29, 0.717) is 19.3 Å². The number of likely N-dealkylation sites (N-methyl/N-ethyl adjacent to an activating group) is 1. The van der Waals surface area contributed by atoms with Crippen LogP contribution in [-0.2, 0) is 28.6 Å². The van der Waals surface area contributed by atoms with E-state index in [4.69, 9.17) is 14.2 Å². The summed E-state index contributed by atoms with van der Waals surface area (Å²) in [5.74, 6) is -1.54. The van der Waals surface area contributed by atoms with Gasteiger partial charge in [0.2, 0.25) is 0 Å². The lowest BCUT2D eigenvalue weighted by atomic mass is 10.1. The van der Waals surface area contributed by atoms with E-state index in [-0.39, 0.29) is 36.2 Å². The highest BCUT2D eigenvalue weighted by Gasteiger charge is 2.31. The van der Waals surface area contributed by atoms with Gasteiger partial charge in [0.05, 0.1) is 34.4 Å². The van der Waals surface area contributed by atoms with Gasteiger partial charge in [-0.1, -0.05) is 101 Å². The summed E-state index contributed by atoms with van der Waals surface area (Å²) in [5, 5.41) is 9.57. The average Bonchev–Trinajstić information content (AvgIpc) is 3.03. The van der Waals surface area contributed by atoms with Gasteiger partial charge in [-0.15, -0.1) is 0 Å². The van der Waals surface area contributed by atoms with Crippen molar-refractivity contribution < 1.29 is 38.2 Å². The van der Waals surface area contributed by atoms with Crippen LogP contribution in [0.4, 0.5) is 0 Å². The van der Waals surface area contributed by atoms with E-state index < -0.39 is 18.1 Å². The second kappa shape index (κ2) is 31.6. The lowest BCUT2D eigenvalue weighted by Gasteiger charge is -2.31. The molecule has 0 radical (unpaired) electrons. The Kier molecular flexibility index (Phi) is 29.8. The Bertz CT molecular complexity index is 932. The van der Waals surface area contributed by atoms with Crippen LogP contribution in [0, 0.1) is 0 Å². The Hall–Kier alpha value is -2.71. The van der Waals surface area contributed by atoms with Gasteiger partial charge in [-0.05, 0) is 64.2 Å². The van der Waals surface area contributed by atoms with E-state index in [1.807, 2.05) is 21.1 Å². The van der Waals surface area contributed by atoms with Crippen molar-refractivity contribution in [1.29, 1.82) is 0 Å². The molecule has 0 fully saturated rings. The number of allylic oxidation sites excluding steroid dienone is 8. The van der Waals surface area contributed by atoms with Crippen LogP contribution in [0.3, 0.4) is 0 Å². The number of unbranched alkanes of at least 4 members (excludes halogenated alkanes) is 11. The second-order valence-electron chi connectivity index (χ2n) is 13.5. The minimum absolute atomic E-state index is 0.0445. The molecular weight excluding hydrogens is 606 g/mol. The highest BCUT2D eigenvalue weighted by atomic mass is 16.6. The summed E-state index contributed by atoms with van der Waals surface area (Å²) in [6.45, 7) is 4.50. The summed E-state index contributed by atoms with van der Waals surface area (Å²) in [4.78, 5) is 36.7. The standard InChI is InChI=1S/C40H69NO7/c1-6-8-10-12-14-16-17-18-19-20-21-23-25-27-29-31-39(43)48-36(34-46-33-32-37(40(44)45)41(3,4)5)35-47-38(42)30-28-26-24-22-15-13-11-9-7-2/h9,11,14-18,22,36-37H,6-8,10,12-13,19-21,23-35H2,1-5H3/p+1/b11-9+,16-14+,18-17+,22-15+. The molecule has 0 aromatic carbocycles. The van der Waals surface area contributed by atoms with Crippen LogP contribution in [0.2, 0.25) is 0 Å². The summed E-state index contributed by atoms with van der Waals surface area (Å²) in [7, 11) is 5.49. The monoisotopic (exact) mass is 677 g/mol. The molecule has 0 aliphatic heterocycles. The zero-order valence-corrected chi connectivity index (χ0v) is 31.2. The number of rotatable bonds is 32. The van der Waals surface area contributed by atoms with E-state index in [1.165, 1.54) is 32.1 Å². The van der Waals surface area contributed by atoms with Crippen molar-refractivity contribution in [1.82, 2.24) is 0 Å². The van der Waals surface area contributed by atoms with E-state index in [0.717, 1.165) is 70.6 Å². The van der Waals surface area contributed by atoms with Gasteiger partial charge in [-0.2, -0.15) is 0 Å². The van der Waals surface area contributed by atoms with Crippen molar-refractivity contribution in [3.63, 3.8) is 0 Å². The molecule has 8 nitrogen and oxygen atoms in total. The predicted molar refractivity (Wildman–Crippen MR) is 197 cm³/mol. The Morgan fingerprint density at radius 2 is 1.23 bits per heavy atom. The molecular formula is C40H70NO7+. The summed E-state index contributed by atoms with van der Waals surface area (Å²) in [6, 6.07) is -0.620. The molecule has 8 heteroatoms. The molecule has 0 bridgehead atoms. The first-order chi connectivity index (χ1) is 23.1. The van der Waals surface area contributed by atoms with Gasteiger partial charge in [0.25, 0.3) is 0 Å². The molecule has 276 valence electrons. The van der Waals surface area contributed by atoms with E-state index in [2.05, 4.69) is 62.5 Å². The Balaban J connectivity index is 4.48. The molecule has 48 heavy (non-hydrogen) atoms. The number of quaternary nitrogens is 1. The summed E-state index contributed by atoms with van der Waals surface area (Å²) < 4.78 is 17.1. The number of carbonyl (C=O) groups excluding carboxylic acids is 2. The molecule has 0 rings (SSSR count). The van der Waals surface area contributed by atoms with Crippen LogP contribution in [0.15, 0.2) is 48.6 Å². The first kappa shape index (κ1) is 45.3. The first-order valence-electron chi connectivity index (χ1n) is 18.7. The predicted octanol–water partition coefficient (Wildman–Crippen LogP) is 9.29. The lowest BCUT2D eigenvalue weighted by Crippen LogP contribution is -2.50. The smallest absolute Gasteiger partial charge is 0.362 e. The highest BCUT2D eigenvalue weighted by Crippen LogP contribution is 2.12. The number of nitrogens with zero attached hydrogens (tertiary/aromatic N) is 1. The fourth-order valence-electron chi connectivity index (χ4n) is 5.06. The molecule has 0 spiro atoms. The molecule has 2 unspecified atom stereocenters. The molecule has 2 atom stereocenters. The van der Waals surface area contributed by atoms with Crippen LogP contribution >= 0.6 is 0 Å². The average molecular weight is 677 g/mol. The van der Waals surface area contributed by atoms with Gasteiger partial charge >= 0.3 is 17.9 Å². The van der Waals surface area contributed by atoms with Gasteiger partial charge in [0, 0.05) is 19.3 Å². The minimum atomic E-state index is -0.885. The third kappa shape index (κ3) is 29.4. The van der Waals surface area contributed by atoms with Crippen LogP contribution in [0.5, 0.6) is 0 Å². The SMILES string of the molecule is CC/C=C/C/C=C/CCCCC(=O)OCC(COCCC(C(=O)O)[N+](C)(C)C)OC(=O)CCCCCCCC/C=C/C=C/CCCCC. The van der Waals surface area contributed by atoms with Gasteiger partial charge in [0.15, 0.2) is 12.1 Å². The van der Waals surface area contributed by atoms with Crippen LogP contribution < -0.4 is 0 Å². The van der Waals surface area contributed by atoms with Gasteiger partial charge in [-0.3, -0.25) is 9.59 Å². The molecule has 1 N–H and O–H groups in total. The van der Waals surface area contributed by atoms with Crippen molar-refractivity contribution >= 4 is 17.9 Å². The quantitative estimate of drug-likeness (QED) is 0.0249. The third-order valence-electron chi connectivity index (χ3n) is 7.99. The number of hydrogen-bond acceptors (Lipinski definition) is 6. The van der Waals surface area contributed by atoms with E-state index in [1.54, 1.807) is 0 Å². The fourth-order valence-corrected chi connectivity index (χ4v) is 5.06. The molecule has 0 heterocycles. The maximum Gasteiger partial charge on any atom is 0.362 e. The summed E-state index contributed by atoms with van der Waals surface area (Å²) in [6.07, 6.45) is 34.5. The number of aliphatic carboxylic acids is 1. The molecule has 0 amide bonds. The lowest BCUT2D eigenvalue weighted by molar-refractivity contribution is -0.887. The molecule has 0 aliphatic rings. The van der Waals surface area contributed by atoms with Crippen LogP contribution in [0.1, 0.15) is 136 Å². The number of carboxylic acids is 1. The Morgan fingerprint density at radius 1 is 0.667 bits per heavy atom. The van der Waals surface area contributed by atoms with Gasteiger partial charge in [0.1, 0.15) is 6.61 Å². The minimum Gasteiger partial charge on any atom is -0.477 e. The number of ether oxygens (including phenoxy) is 3. The number of hydrogen-bond donors (Lipinski definition) is 1.